The van der Waals surface area contributed by atoms with Crippen LogP contribution in [-0.2, 0) is 4.74 Å². The van der Waals surface area contributed by atoms with E-state index < -0.39 is 0 Å². The topological polar surface area (TPSA) is 38.3 Å². The number of anilines is 1. The van der Waals surface area contributed by atoms with Crippen molar-refractivity contribution in [3.8, 4) is 0 Å². The smallest absolute Gasteiger partial charge is 0.339 e. The van der Waals surface area contributed by atoms with Gasteiger partial charge in [0.2, 0.25) is 0 Å². The van der Waals surface area contributed by atoms with Crippen LogP contribution in [0.3, 0.4) is 0 Å². The first-order valence-corrected chi connectivity index (χ1v) is 7.93. The van der Waals surface area contributed by atoms with Gasteiger partial charge in [0.15, 0.2) is 0 Å². The maximum Gasteiger partial charge on any atom is 0.339 e. The molecular formula is C17H24ClNO2. The lowest BCUT2D eigenvalue weighted by Gasteiger charge is -2.23. The summed E-state index contributed by atoms with van der Waals surface area (Å²) < 4.78 is 4.84. The Bertz CT molecular complexity index is 514. The Kier molecular flexibility index (Phi) is 5.15. The number of benzene rings is 1. The highest BCUT2D eigenvalue weighted by Crippen LogP contribution is 2.35. The van der Waals surface area contributed by atoms with Crippen molar-refractivity contribution in [3.63, 3.8) is 0 Å². The Morgan fingerprint density at radius 3 is 2.81 bits per heavy atom. The van der Waals surface area contributed by atoms with Crippen LogP contribution in [0.25, 0.3) is 0 Å². The lowest BCUT2D eigenvalue weighted by molar-refractivity contribution is 0.0602. The molecule has 1 aromatic carbocycles. The van der Waals surface area contributed by atoms with Crippen molar-refractivity contribution < 1.29 is 9.53 Å². The van der Waals surface area contributed by atoms with E-state index in [0.717, 1.165) is 18.5 Å². The maximum atomic E-state index is 11.9. The van der Waals surface area contributed by atoms with Crippen molar-refractivity contribution in [3.05, 3.63) is 28.8 Å². The third kappa shape index (κ3) is 4.37. The molecule has 1 aromatic rings. The number of methoxy groups -OCH3 is 1. The van der Waals surface area contributed by atoms with Gasteiger partial charge < -0.3 is 10.1 Å². The quantitative estimate of drug-likeness (QED) is 0.637. The highest BCUT2D eigenvalue weighted by atomic mass is 35.5. The van der Waals surface area contributed by atoms with E-state index in [1.807, 2.05) is 6.07 Å². The van der Waals surface area contributed by atoms with E-state index in [0.29, 0.717) is 22.0 Å². The lowest BCUT2D eigenvalue weighted by Crippen LogP contribution is -2.21. The molecule has 0 radical (unpaired) electrons. The van der Waals surface area contributed by atoms with Gasteiger partial charge in [-0.05, 0) is 49.3 Å². The second-order valence-electron chi connectivity index (χ2n) is 6.62. The summed E-state index contributed by atoms with van der Waals surface area (Å²) in [6, 6.07) is 5.63. The predicted molar refractivity (Wildman–Crippen MR) is 87.1 cm³/mol. The zero-order valence-corrected chi connectivity index (χ0v) is 13.8. The zero-order chi connectivity index (χ0) is 15.5. The van der Waals surface area contributed by atoms with Crippen molar-refractivity contribution in [1.82, 2.24) is 0 Å². The van der Waals surface area contributed by atoms with Crippen molar-refractivity contribution in [2.45, 2.75) is 52.0 Å². The van der Waals surface area contributed by atoms with Crippen LogP contribution in [0.5, 0.6) is 0 Å². The van der Waals surface area contributed by atoms with Crippen molar-refractivity contribution >= 4 is 23.3 Å². The SMILES string of the molecule is COC(=O)c1ccc(Cl)cc1NC1CCCC(C)(C)CC1. The van der Waals surface area contributed by atoms with E-state index in [9.17, 15) is 4.79 Å². The largest absolute Gasteiger partial charge is 0.465 e. The first-order chi connectivity index (χ1) is 9.91. The third-order valence-electron chi connectivity index (χ3n) is 4.32. The molecule has 1 aliphatic carbocycles. The Hall–Kier alpha value is -1.22. The Labute approximate surface area is 132 Å². The molecule has 2 rings (SSSR count). The molecular weight excluding hydrogens is 286 g/mol. The molecule has 1 unspecified atom stereocenters. The fourth-order valence-corrected chi connectivity index (χ4v) is 3.12. The Balaban J connectivity index is 2.15. The lowest BCUT2D eigenvalue weighted by atomic mass is 9.85. The number of hydrogen-bond acceptors (Lipinski definition) is 3. The molecule has 4 heteroatoms. The third-order valence-corrected chi connectivity index (χ3v) is 4.56. The molecule has 1 fully saturated rings. The Morgan fingerprint density at radius 1 is 1.33 bits per heavy atom. The summed E-state index contributed by atoms with van der Waals surface area (Å²) in [5.74, 6) is -0.330. The van der Waals surface area contributed by atoms with Crippen LogP contribution in [0.4, 0.5) is 5.69 Å². The van der Waals surface area contributed by atoms with Gasteiger partial charge in [0.05, 0.1) is 18.4 Å². The molecule has 0 bridgehead atoms. The number of carbonyl (C=O) groups excluding carboxylic acids is 1. The number of carbonyl (C=O) groups is 1. The second-order valence-corrected chi connectivity index (χ2v) is 7.05. The number of esters is 1. The summed E-state index contributed by atoms with van der Waals surface area (Å²) in [4.78, 5) is 11.9. The molecule has 1 aliphatic rings. The molecule has 1 saturated carbocycles. The first-order valence-electron chi connectivity index (χ1n) is 7.56. The molecule has 0 aromatic heterocycles. The van der Waals surface area contributed by atoms with Crippen LogP contribution in [0, 0.1) is 5.41 Å². The zero-order valence-electron chi connectivity index (χ0n) is 13.0. The molecule has 3 nitrogen and oxygen atoms in total. The van der Waals surface area contributed by atoms with Gasteiger partial charge in [-0.25, -0.2) is 4.79 Å². The van der Waals surface area contributed by atoms with Gasteiger partial charge in [0.25, 0.3) is 0 Å². The van der Waals surface area contributed by atoms with E-state index in [1.165, 1.54) is 26.4 Å². The van der Waals surface area contributed by atoms with Gasteiger partial charge in [-0.15, -0.1) is 0 Å². The summed E-state index contributed by atoms with van der Waals surface area (Å²) in [5.41, 5.74) is 1.74. The molecule has 1 N–H and O–H groups in total. The predicted octanol–water partition coefficient (Wildman–Crippen LogP) is 4.90. The van der Waals surface area contributed by atoms with Crippen LogP contribution < -0.4 is 5.32 Å². The molecule has 0 heterocycles. The van der Waals surface area contributed by atoms with E-state index in [4.69, 9.17) is 16.3 Å². The standard InChI is InChI=1S/C17H24ClNO2/c1-17(2)9-4-5-13(8-10-17)19-15-11-12(18)6-7-14(15)16(20)21-3/h6-7,11,13,19H,4-5,8-10H2,1-3H3. The summed E-state index contributed by atoms with van der Waals surface area (Å²) in [5, 5.41) is 4.12. The van der Waals surface area contributed by atoms with Gasteiger partial charge in [0.1, 0.15) is 0 Å². The normalized spacial score (nSPS) is 21.4. The maximum absolute atomic E-state index is 11.9. The molecule has 0 spiro atoms. The van der Waals surface area contributed by atoms with Crippen LogP contribution in [0.1, 0.15) is 56.3 Å². The van der Waals surface area contributed by atoms with Gasteiger partial charge >= 0.3 is 5.97 Å². The fraction of sp³-hybridized carbons (Fsp3) is 0.588. The minimum Gasteiger partial charge on any atom is -0.465 e. The highest BCUT2D eigenvalue weighted by Gasteiger charge is 2.25. The van der Waals surface area contributed by atoms with Gasteiger partial charge in [-0.3, -0.25) is 0 Å². The van der Waals surface area contributed by atoms with Crippen LogP contribution in [0.15, 0.2) is 18.2 Å². The minimum absolute atomic E-state index is 0.330. The van der Waals surface area contributed by atoms with Gasteiger partial charge in [-0.2, -0.15) is 0 Å². The van der Waals surface area contributed by atoms with Crippen LogP contribution >= 0.6 is 11.6 Å². The van der Waals surface area contributed by atoms with Crippen LogP contribution in [0.2, 0.25) is 5.02 Å². The van der Waals surface area contributed by atoms with E-state index in [1.54, 1.807) is 12.1 Å². The number of ether oxygens (including phenoxy) is 1. The highest BCUT2D eigenvalue weighted by molar-refractivity contribution is 6.31. The number of nitrogens with one attached hydrogen (secondary N) is 1. The average molecular weight is 310 g/mol. The molecule has 0 aliphatic heterocycles. The van der Waals surface area contributed by atoms with Gasteiger partial charge in [0, 0.05) is 11.1 Å². The summed E-state index contributed by atoms with van der Waals surface area (Å²) >= 11 is 6.07. The Morgan fingerprint density at radius 2 is 2.10 bits per heavy atom. The van der Waals surface area contributed by atoms with Gasteiger partial charge in [-0.1, -0.05) is 31.9 Å². The molecule has 1 atom stereocenters. The number of rotatable bonds is 3. The summed E-state index contributed by atoms with van der Waals surface area (Å²) in [6.07, 6.45) is 5.89. The monoisotopic (exact) mass is 309 g/mol. The van der Waals surface area contributed by atoms with Crippen molar-refractivity contribution in [2.24, 2.45) is 5.41 Å². The molecule has 0 amide bonds. The second kappa shape index (κ2) is 6.69. The van der Waals surface area contributed by atoms with E-state index in [2.05, 4.69) is 19.2 Å². The fourth-order valence-electron chi connectivity index (χ4n) is 2.95. The van der Waals surface area contributed by atoms with E-state index >= 15 is 0 Å². The summed E-state index contributed by atoms with van der Waals surface area (Å²) in [6.45, 7) is 4.66. The minimum atomic E-state index is -0.330. The van der Waals surface area contributed by atoms with Crippen molar-refractivity contribution in [1.29, 1.82) is 0 Å². The molecule has 21 heavy (non-hydrogen) atoms. The molecule has 116 valence electrons. The summed E-state index contributed by atoms with van der Waals surface area (Å²) in [7, 11) is 1.40. The number of halogens is 1. The molecule has 0 saturated heterocycles. The van der Waals surface area contributed by atoms with Crippen LogP contribution in [-0.4, -0.2) is 19.1 Å². The first kappa shape index (κ1) is 16.2. The average Bonchev–Trinajstić information content (AvgIpc) is 2.60. The number of hydrogen-bond donors (Lipinski definition) is 1. The van der Waals surface area contributed by atoms with E-state index in [-0.39, 0.29) is 5.97 Å². The van der Waals surface area contributed by atoms with Crippen molar-refractivity contribution in [2.75, 3.05) is 12.4 Å².